The van der Waals surface area contributed by atoms with Crippen LogP contribution in [0.25, 0.3) is 0 Å². The first-order valence-corrected chi connectivity index (χ1v) is 5.26. The molecule has 1 atom stereocenters. The van der Waals surface area contributed by atoms with E-state index in [1.54, 1.807) is 12.1 Å². The minimum Gasteiger partial charge on any atom is -0.299 e. The van der Waals surface area contributed by atoms with Crippen LogP contribution in [0.2, 0.25) is 0 Å². The first-order chi connectivity index (χ1) is 7.15. The van der Waals surface area contributed by atoms with Crippen molar-refractivity contribution in [2.45, 2.75) is 26.7 Å². The highest BCUT2D eigenvalue weighted by atomic mass is 16.1. The van der Waals surface area contributed by atoms with Crippen molar-refractivity contribution in [2.24, 2.45) is 5.92 Å². The molecule has 0 heterocycles. The van der Waals surface area contributed by atoms with Crippen molar-refractivity contribution >= 4 is 11.6 Å². The quantitative estimate of drug-likeness (QED) is 0.691. The number of ketones is 2. The molecule has 0 saturated carbocycles. The Labute approximate surface area is 90.3 Å². The number of carbonyl (C=O) groups is 2. The molecule has 0 bridgehead atoms. The van der Waals surface area contributed by atoms with E-state index in [0.29, 0.717) is 18.4 Å². The van der Waals surface area contributed by atoms with E-state index >= 15 is 0 Å². The zero-order valence-electron chi connectivity index (χ0n) is 9.19. The highest BCUT2D eigenvalue weighted by Gasteiger charge is 2.15. The lowest BCUT2D eigenvalue weighted by Crippen LogP contribution is -2.14. The van der Waals surface area contributed by atoms with Gasteiger partial charge in [-0.3, -0.25) is 9.59 Å². The van der Waals surface area contributed by atoms with Gasteiger partial charge in [0, 0.05) is 24.3 Å². The van der Waals surface area contributed by atoms with Gasteiger partial charge in [0.25, 0.3) is 0 Å². The smallest absolute Gasteiger partial charge is 0.163 e. The van der Waals surface area contributed by atoms with Gasteiger partial charge in [-0.2, -0.15) is 0 Å². The van der Waals surface area contributed by atoms with Crippen LogP contribution < -0.4 is 0 Å². The first kappa shape index (κ1) is 11.6. The molecule has 0 aliphatic carbocycles. The zero-order valence-corrected chi connectivity index (χ0v) is 9.19. The summed E-state index contributed by atoms with van der Waals surface area (Å²) < 4.78 is 0. The molecule has 0 aliphatic rings. The molecule has 1 unspecified atom stereocenters. The maximum absolute atomic E-state index is 11.7. The molecule has 1 aromatic rings. The van der Waals surface area contributed by atoms with E-state index in [-0.39, 0.29) is 17.5 Å². The van der Waals surface area contributed by atoms with Gasteiger partial charge in [-0.05, 0) is 0 Å². The fraction of sp³-hybridized carbons (Fsp3) is 0.385. The van der Waals surface area contributed by atoms with Crippen LogP contribution in [0.5, 0.6) is 0 Å². The fourth-order valence-corrected chi connectivity index (χ4v) is 1.48. The summed E-state index contributed by atoms with van der Waals surface area (Å²) in [5, 5.41) is 0. The minimum absolute atomic E-state index is 0.0462. The number of benzene rings is 1. The van der Waals surface area contributed by atoms with Crippen molar-refractivity contribution in [3.8, 4) is 0 Å². The molecule has 2 heteroatoms. The van der Waals surface area contributed by atoms with Crippen molar-refractivity contribution in [1.82, 2.24) is 0 Å². The maximum Gasteiger partial charge on any atom is 0.163 e. The van der Waals surface area contributed by atoms with Crippen molar-refractivity contribution in [1.29, 1.82) is 0 Å². The second kappa shape index (κ2) is 5.44. The molecule has 0 fully saturated rings. The summed E-state index contributed by atoms with van der Waals surface area (Å²) in [6.45, 7) is 3.64. The first-order valence-electron chi connectivity index (χ1n) is 5.26. The van der Waals surface area contributed by atoms with Crippen LogP contribution in [-0.2, 0) is 4.79 Å². The monoisotopic (exact) mass is 204 g/mol. The van der Waals surface area contributed by atoms with Gasteiger partial charge in [-0.15, -0.1) is 0 Å². The van der Waals surface area contributed by atoms with Gasteiger partial charge in [0.1, 0.15) is 5.78 Å². The Morgan fingerprint density at radius 1 is 1.20 bits per heavy atom. The summed E-state index contributed by atoms with van der Waals surface area (Å²) in [4.78, 5) is 23.0. The average Bonchev–Trinajstić information content (AvgIpc) is 2.29. The molecule has 0 spiro atoms. The number of rotatable bonds is 5. The van der Waals surface area contributed by atoms with Crippen LogP contribution in [0.3, 0.4) is 0 Å². The average molecular weight is 204 g/mol. The lowest BCUT2D eigenvalue weighted by Gasteiger charge is -2.07. The summed E-state index contributed by atoms with van der Waals surface area (Å²) in [5.41, 5.74) is 0.688. The molecule has 1 rings (SSSR count). The highest BCUT2D eigenvalue weighted by molar-refractivity contribution is 5.98. The number of hydrogen-bond acceptors (Lipinski definition) is 2. The molecule has 0 N–H and O–H groups in total. The molecular formula is C13H16O2. The van der Waals surface area contributed by atoms with Crippen LogP contribution in [0, 0.1) is 5.92 Å². The molecule has 0 aromatic heterocycles. The van der Waals surface area contributed by atoms with Gasteiger partial charge >= 0.3 is 0 Å². The summed E-state index contributed by atoms with van der Waals surface area (Å²) in [6.07, 6.45) is 0.819. The number of Topliss-reactive ketones (excluding diaryl/α,β-unsaturated/α-hetero) is 2. The largest absolute Gasteiger partial charge is 0.299 e. The molecule has 80 valence electrons. The normalized spacial score (nSPS) is 12.1. The lowest BCUT2D eigenvalue weighted by molar-refractivity contribution is -0.122. The van der Waals surface area contributed by atoms with Gasteiger partial charge in [-0.1, -0.05) is 44.2 Å². The molecule has 2 nitrogen and oxygen atoms in total. The number of carbonyl (C=O) groups excluding carboxylic acids is 2. The van der Waals surface area contributed by atoms with Crippen molar-refractivity contribution in [2.75, 3.05) is 0 Å². The summed E-state index contributed by atoms with van der Waals surface area (Å²) >= 11 is 0. The van der Waals surface area contributed by atoms with E-state index in [9.17, 15) is 9.59 Å². The van der Waals surface area contributed by atoms with Crippen LogP contribution in [0.4, 0.5) is 0 Å². The van der Waals surface area contributed by atoms with Gasteiger partial charge in [0.05, 0.1) is 0 Å². The number of hydrogen-bond donors (Lipinski definition) is 0. The predicted octanol–water partition coefficient (Wildman–Crippen LogP) is 2.87. The molecular weight excluding hydrogens is 188 g/mol. The predicted molar refractivity (Wildman–Crippen MR) is 59.9 cm³/mol. The van der Waals surface area contributed by atoms with Crippen molar-refractivity contribution in [3.63, 3.8) is 0 Å². The standard InChI is InChI=1S/C13H16O2/c1-3-12(14)10(2)9-13(15)11-7-5-4-6-8-11/h4-8,10H,3,9H2,1-2H3. The Hall–Kier alpha value is -1.44. The Morgan fingerprint density at radius 3 is 2.33 bits per heavy atom. The van der Waals surface area contributed by atoms with Gasteiger partial charge < -0.3 is 0 Å². The van der Waals surface area contributed by atoms with E-state index < -0.39 is 0 Å². The molecule has 15 heavy (non-hydrogen) atoms. The van der Waals surface area contributed by atoms with E-state index in [2.05, 4.69) is 0 Å². The van der Waals surface area contributed by atoms with Crippen molar-refractivity contribution < 1.29 is 9.59 Å². The Balaban J connectivity index is 2.61. The fourth-order valence-electron chi connectivity index (χ4n) is 1.48. The van der Waals surface area contributed by atoms with E-state index in [4.69, 9.17) is 0 Å². The Morgan fingerprint density at radius 2 is 1.80 bits per heavy atom. The third kappa shape index (κ3) is 3.31. The topological polar surface area (TPSA) is 34.1 Å². The third-order valence-corrected chi connectivity index (χ3v) is 2.49. The summed E-state index contributed by atoms with van der Waals surface area (Å²) in [6, 6.07) is 9.10. The molecule has 0 saturated heterocycles. The third-order valence-electron chi connectivity index (χ3n) is 2.49. The minimum atomic E-state index is -0.164. The highest BCUT2D eigenvalue weighted by Crippen LogP contribution is 2.11. The van der Waals surface area contributed by atoms with E-state index in [1.165, 1.54) is 0 Å². The van der Waals surface area contributed by atoms with Crippen molar-refractivity contribution in [3.05, 3.63) is 35.9 Å². The molecule has 1 aromatic carbocycles. The van der Waals surface area contributed by atoms with Crippen LogP contribution in [-0.4, -0.2) is 11.6 Å². The van der Waals surface area contributed by atoms with Gasteiger partial charge in [-0.25, -0.2) is 0 Å². The van der Waals surface area contributed by atoms with Crippen LogP contribution in [0.15, 0.2) is 30.3 Å². The zero-order chi connectivity index (χ0) is 11.3. The van der Waals surface area contributed by atoms with Crippen LogP contribution in [0.1, 0.15) is 37.0 Å². The summed E-state index contributed by atoms with van der Waals surface area (Å²) in [7, 11) is 0. The second-order valence-corrected chi connectivity index (χ2v) is 3.71. The SMILES string of the molecule is CCC(=O)C(C)CC(=O)c1ccccc1. The summed E-state index contributed by atoms with van der Waals surface area (Å²) in [5.74, 6) is 0.0342. The van der Waals surface area contributed by atoms with Gasteiger partial charge in [0.2, 0.25) is 0 Å². The molecule has 0 aliphatic heterocycles. The maximum atomic E-state index is 11.7. The Bertz CT molecular complexity index is 341. The molecule has 0 radical (unpaired) electrons. The second-order valence-electron chi connectivity index (χ2n) is 3.71. The van der Waals surface area contributed by atoms with Gasteiger partial charge in [0.15, 0.2) is 5.78 Å². The van der Waals surface area contributed by atoms with E-state index in [0.717, 1.165) is 0 Å². The van der Waals surface area contributed by atoms with Crippen LogP contribution >= 0.6 is 0 Å². The molecule has 0 amide bonds. The lowest BCUT2D eigenvalue weighted by atomic mass is 9.95. The van der Waals surface area contributed by atoms with E-state index in [1.807, 2.05) is 32.0 Å². The Kier molecular flexibility index (Phi) is 4.22.